The molecule has 0 heterocycles. The van der Waals surface area contributed by atoms with Crippen molar-refractivity contribution in [2.45, 2.75) is 59.3 Å². The highest BCUT2D eigenvalue weighted by Crippen LogP contribution is 2.15. The quantitative estimate of drug-likeness (QED) is 0.479. The molecule has 0 N–H and O–H groups in total. The van der Waals surface area contributed by atoms with E-state index in [4.69, 9.17) is 0 Å². The largest absolute Gasteiger partial charge is 0.0597 e. The molecule has 1 rings (SSSR count). The number of hydrogen-bond acceptors (Lipinski definition) is 0. The Bertz CT molecular complexity index is 36.8. The highest BCUT2D eigenvalue weighted by molar-refractivity contribution is 4.65. The molecule has 0 bridgehead atoms. The second-order valence-corrected chi connectivity index (χ2v) is 3.62. The van der Waals surface area contributed by atoms with Crippen LogP contribution in [-0.4, -0.2) is 0 Å². The summed E-state index contributed by atoms with van der Waals surface area (Å²) in [7, 11) is 0. The normalized spacial score (nSPS) is 18.0. The van der Waals surface area contributed by atoms with Gasteiger partial charge in [-0.25, -0.2) is 0 Å². The van der Waals surface area contributed by atoms with Crippen LogP contribution in [0.2, 0.25) is 0 Å². The molecule has 1 aliphatic carbocycles. The maximum absolute atomic E-state index is 2.08. The third-order valence-electron chi connectivity index (χ3n) is 1.50. The van der Waals surface area contributed by atoms with Crippen LogP contribution in [0.5, 0.6) is 0 Å². The Hall–Kier alpha value is 0. The molecule has 0 aromatic carbocycles. The predicted octanol–water partition coefficient (Wildman–Crippen LogP) is 3.96. The van der Waals surface area contributed by atoms with Crippen molar-refractivity contribution in [2.24, 2.45) is 0 Å². The van der Waals surface area contributed by atoms with E-state index in [1.807, 2.05) is 0 Å². The summed E-state index contributed by atoms with van der Waals surface area (Å²) in [5.74, 6) is 1.42. The first-order valence-electron chi connectivity index (χ1n) is 4.50. The molecule has 0 atom stereocenters. The van der Waals surface area contributed by atoms with Gasteiger partial charge in [0.25, 0.3) is 0 Å². The Morgan fingerprint density at radius 3 is 0.800 bits per heavy atom. The third-order valence-corrected chi connectivity index (χ3v) is 1.50. The van der Waals surface area contributed by atoms with Crippen LogP contribution in [0.4, 0.5) is 0 Å². The van der Waals surface area contributed by atoms with Gasteiger partial charge in [0.15, 0.2) is 0 Å². The van der Waals surface area contributed by atoms with Crippen LogP contribution in [-0.2, 0) is 0 Å². The Morgan fingerprint density at radius 1 is 0.600 bits per heavy atom. The van der Waals surface area contributed by atoms with E-state index in [9.17, 15) is 0 Å². The molecule has 1 aliphatic rings. The van der Waals surface area contributed by atoms with Crippen molar-refractivity contribution in [3.8, 4) is 0 Å². The minimum Gasteiger partial charge on any atom is -0.0597 e. The second-order valence-electron chi connectivity index (χ2n) is 3.62. The van der Waals surface area contributed by atoms with Gasteiger partial charge in [-0.1, -0.05) is 59.3 Å². The maximum atomic E-state index is 2.08. The number of rotatable bonds is 0. The van der Waals surface area contributed by atoms with Crippen molar-refractivity contribution < 1.29 is 0 Å². The van der Waals surface area contributed by atoms with E-state index in [2.05, 4.69) is 20.8 Å². The molecule has 10 heavy (non-hydrogen) atoms. The molecule has 0 spiro atoms. The molecule has 0 amide bonds. The summed E-state index contributed by atoms with van der Waals surface area (Å²) in [5.41, 5.74) is 0. The molecule has 0 aromatic heterocycles. The van der Waals surface area contributed by atoms with Gasteiger partial charge in [-0.15, -0.1) is 0 Å². The lowest BCUT2D eigenvalue weighted by molar-refractivity contribution is 0.504. The zero-order valence-electron chi connectivity index (χ0n) is 7.74. The highest BCUT2D eigenvalue weighted by atomic mass is 14.0. The average Bonchev–Trinajstić information content (AvgIpc) is 1.90. The van der Waals surface area contributed by atoms with E-state index in [0.717, 1.165) is 0 Å². The Labute approximate surface area is 66.0 Å². The Balaban J connectivity index is 0.000000180. The standard InChI is InChI=1S/C6H12.C4H9/c1-2-4-6-5-3-1;1-4(2)3/h1-6H2;1-3H3. The SMILES string of the molecule is C1CCCCC1.C[C](C)C. The molecule has 1 fully saturated rings. The maximum Gasteiger partial charge on any atom is -0.0334 e. The van der Waals surface area contributed by atoms with Gasteiger partial charge < -0.3 is 0 Å². The van der Waals surface area contributed by atoms with E-state index in [1.165, 1.54) is 44.4 Å². The van der Waals surface area contributed by atoms with Crippen molar-refractivity contribution >= 4 is 0 Å². The van der Waals surface area contributed by atoms with Gasteiger partial charge in [0.05, 0.1) is 0 Å². The molecule has 0 aromatic rings. The summed E-state index contributed by atoms with van der Waals surface area (Å²) in [6.45, 7) is 6.25. The van der Waals surface area contributed by atoms with Crippen molar-refractivity contribution in [1.29, 1.82) is 0 Å². The minimum atomic E-state index is 1.42. The molecule has 61 valence electrons. The molecular formula is C10H21. The summed E-state index contributed by atoms with van der Waals surface area (Å²) in [6, 6.07) is 0. The van der Waals surface area contributed by atoms with Crippen LogP contribution in [0, 0.1) is 5.92 Å². The lowest BCUT2D eigenvalue weighted by Gasteiger charge is -2.05. The fourth-order valence-corrected chi connectivity index (χ4v) is 1.06. The fourth-order valence-electron chi connectivity index (χ4n) is 1.06. The van der Waals surface area contributed by atoms with Gasteiger partial charge >= 0.3 is 0 Å². The Morgan fingerprint density at radius 2 is 0.700 bits per heavy atom. The summed E-state index contributed by atoms with van der Waals surface area (Å²) in [6.07, 6.45) is 9.00. The summed E-state index contributed by atoms with van der Waals surface area (Å²) < 4.78 is 0. The smallest absolute Gasteiger partial charge is 0.0334 e. The number of hydrogen-bond donors (Lipinski definition) is 0. The first kappa shape index (κ1) is 10.0. The summed E-state index contributed by atoms with van der Waals surface area (Å²) in [5, 5.41) is 0. The van der Waals surface area contributed by atoms with Crippen LogP contribution >= 0.6 is 0 Å². The van der Waals surface area contributed by atoms with Crippen molar-refractivity contribution in [3.63, 3.8) is 0 Å². The van der Waals surface area contributed by atoms with Gasteiger partial charge in [-0.05, 0) is 5.92 Å². The average molecular weight is 141 g/mol. The first-order valence-corrected chi connectivity index (χ1v) is 4.50. The van der Waals surface area contributed by atoms with E-state index in [-0.39, 0.29) is 0 Å². The van der Waals surface area contributed by atoms with Crippen LogP contribution in [0.1, 0.15) is 59.3 Å². The zero-order chi connectivity index (χ0) is 7.82. The van der Waals surface area contributed by atoms with Gasteiger partial charge in [0.2, 0.25) is 0 Å². The van der Waals surface area contributed by atoms with Crippen LogP contribution in [0.15, 0.2) is 0 Å². The van der Waals surface area contributed by atoms with E-state index < -0.39 is 0 Å². The highest BCUT2D eigenvalue weighted by Gasteiger charge is 1.95. The van der Waals surface area contributed by atoms with Crippen LogP contribution in [0.3, 0.4) is 0 Å². The Kier molecular flexibility index (Phi) is 7.11. The topological polar surface area (TPSA) is 0 Å². The molecule has 1 radical (unpaired) electrons. The molecule has 0 aliphatic heterocycles. The van der Waals surface area contributed by atoms with E-state index >= 15 is 0 Å². The van der Waals surface area contributed by atoms with Gasteiger partial charge in [0, 0.05) is 0 Å². The van der Waals surface area contributed by atoms with Crippen LogP contribution < -0.4 is 0 Å². The summed E-state index contributed by atoms with van der Waals surface area (Å²) in [4.78, 5) is 0. The monoisotopic (exact) mass is 141 g/mol. The van der Waals surface area contributed by atoms with E-state index in [0.29, 0.717) is 0 Å². The molecular weight excluding hydrogens is 120 g/mol. The molecule has 0 heteroatoms. The summed E-state index contributed by atoms with van der Waals surface area (Å²) >= 11 is 0. The fraction of sp³-hybridized carbons (Fsp3) is 0.900. The van der Waals surface area contributed by atoms with Crippen molar-refractivity contribution in [3.05, 3.63) is 5.92 Å². The third kappa shape index (κ3) is 10.9. The molecule has 1 saturated carbocycles. The van der Waals surface area contributed by atoms with Crippen molar-refractivity contribution in [1.82, 2.24) is 0 Å². The van der Waals surface area contributed by atoms with Gasteiger partial charge in [0.1, 0.15) is 0 Å². The zero-order valence-corrected chi connectivity index (χ0v) is 7.74. The van der Waals surface area contributed by atoms with Gasteiger partial charge in [-0.3, -0.25) is 0 Å². The molecule has 0 saturated heterocycles. The lowest BCUT2D eigenvalue weighted by Crippen LogP contribution is -1.85. The van der Waals surface area contributed by atoms with Gasteiger partial charge in [-0.2, -0.15) is 0 Å². The predicted molar refractivity (Wildman–Crippen MR) is 48.0 cm³/mol. The molecule has 0 unspecified atom stereocenters. The molecule has 0 nitrogen and oxygen atoms in total. The lowest BCUT2D eigenvalue weighted by atomic mass is 10.0. The van der Waals surface area contributed by atoms with Crippen LogP contribution in [0.25, 0.3) is 0 Å². The van der Waals surface area contributed by atoms with E-state index in [1.54, 1.807) is 0 Å². The van der Waals surface area contributed by atoms with Crippen molar-refractivity contribution in [2.75, 3.05) is 0 Å². The second kappa shape index (κ2) is 7.11. The first-order chi connectivity index (χ1) is 4.73. The minimum absolute atomic E-state index is 1.42.